The van der Waals surface area contributed by atoms with E-state index in [4.69, 9.17) is 18.9 Å². The van der Waals surface area contributed by atoms with Crippen LogP contribution in [-0.2, 0) is 16.1 Å². The molecule has 0 saturated carbocycles. The van der Waals surface area contributed by atoms with Gasteiger partial charge in [-0.1, -0.05) is 19.4 Å². The first-order valence-corrected chi connectivity index (χ1v) is 10.0. The lowest BCUT2D eigenvalue weighted by molar-refractivity contribution is -0.144. The molecule has 1 aliphatic rings. The van der Waals surface area contributed by atoms with Crippen molar-refractivity contribution >= 4 is 11.9 Å². The number of ether oxygens (including phenoxy) is 4. The van der Waals surface area contributed by atoms with Crippen molar-refractivity contribution in [2.24, 2.45) is 0 Å². The Morgan fingerprint density at radius 2 is 1.83 bits per heavy atom. The standard InChI is InChI=1S/C23H27NO6/c1-4-5-6-20(25)29-11-12-30-21-17(9-10-19(27-2)22(21)28-3)15-7-8-18-16(13-15)14-24-23(18)26/h7-10,13H,4-6,11-12,14H2,1-3H3,(H,24,26). The molecule has 0 saturated heterocycles. The van der Waals surface area contributed by atoms with Gasteiger partial charge in [0.2, 0.25) is 5.75 Å². The summed E-state index contributed by atoms with van der Waals surface area (Å²) in [4.78, 5) is 23.5. The molecule has 1 aliphatic heterocycles. The minimum Gasteiger partial charge on any atom is -0.493 e. The summed E-state index contributed by atoms with van der Waals surface area (Å²) in [6.07, 6.45) is 2.16. The summed E-state index contributed by atoms with van der Waals surface area (Å²) in [5.74, 6) is 1.20. The molecular weight excluding hydrogens is 386 g/mol. The maximum absolute atomic E-state index is 11.8. The first kappa shape index (κ1) is 21.5. The highest BCUT2D eigenvalue weighted by atomic mass is 16.6. The molecule has 0 fully saturated rings. The van der Waals surface area contributed by atoms with Crippen LogP contribution in [0.3, 0.4) is 0 Å². The van der Waals surface area contributed by atoms with Gasteiger partial charge in [0.15, 0.2) is 11.5 Å². The molecule has 7 nitrogen and oxygen atoms in total. The fourth-order valence-electron chi connectivity index (χ4n) is 3.36. The molecule has 0 atom stereocenters. The molecule has 30 heavy (non-hydrogen) atoms. The second kappa shape index (κ2) is 10.0. The third-order valence-electron chi connectivity index (χ3n) is 4.93. The van der Waals surface area contributed by atoms with E-state index in [-0.39, 0.29) is 25.1 Å². The van der Waals surface area contributed by atoms with Crippen molar-refractivity contribution < 1.29 is 28.5 Å². The first-order chi connectivity index (χ1) is 14.6. The Bertz CT molecular complexity index is 924. The van der Waals surface area contributed by atoms with Crippen LogP contribution < -0.4 is 19.5 Å². The van der Waals surface area contributed by atoms with Gasteiger partial charge in [-0.05, 0) is 41.8 Å². The monoisotopic (exact) mass is 413 g/mol. The predicted molar refractivity (Wildman–Crippen MR) is 112 cm³/mol. The predicted octanol–water partition coefficient (Wildman–Crippen LogP) is 3.73. The molecule has 7 heteroatoms. The maximum atomic E-state index is 11.8. The van der Waals surface area contributed by atoms with E-state index in [1.165, 1.54) is 0 Å². The van der Waals surface area contributed by atoms with E-state index < -0.39 is 0 Å². The van der Waals surface area contributed by atoms with Crippen molar-refractivity contribution in [3.8, 4) is 28.4 Å². The molecule has 160 valence electrons. The average Bonchev–Trinajstić information content (AvgIpc) is 3.14. The molecule has 0 radical (unpaired) electrons. The molecule has 0 bridgehead atoms. The fraction of sp³-hybridized carbons (Fsp3) is 0.391. The van der Waals surface area contributed by atoms with Crippen molar-refractivity contribution in [1.29, 1.82) is 0 Å². The summed E-state index contributed by atoms with van der Waals surface area (Å²) in [5.41, 5.74) is 3.30. The molecule has 2 aromatic rings. The van der Waals surface area contributed by atoms with Gasteiger partial charge in [-0.2, -0.15) is 0 Å². The normalized spacial score (nSPS) is 12.2. The van der Waals surface area contributed by atoms with Crippen LogP contribution in [0.4, 0.5) is 0 Å². The maximum Gasteiger partial charge on any atom is 0.305 e. The van der Waals surface area contributed by atoms with Gasteiger partial charge in [-0.15, -0.1) is 0 Å². The molecular formula is C23H27NO6. The van der Waals surface area contributed by atoms with Crippen molar-refractivity contribution in [2.75, 3.05) is 27.4 Å². The highest BCUT2D eigenvalue weighted by Crippen LogP contribution is 2.44. The van der Waals surface area contributed by atoms with Gasteiger partial charge < -0.3 is 24.3 Å². The van der Waals surface area contributed by atoms with Gasteiger partial charge in [-0.25, -0.2) is 0 Å². The SMILES string of the molecule is CCCCC(=O)OCCOc1c(-c2ccc3c(c2)CNC3=O)ccc(OC)c1OC. The second-order valence-corrected chi connectivity index (χ2v) is 6.90. The molecule has 1 amide bonds. The second-order valence-electron chi connectivity index (χ2n) is 6.90. The van der Waals surface area contributed by atoms with Gasteiger partial charge >= 0.3 is 5.97 Å². The Labute approximate surface area is 176 Å². The summed E-state index contributed by atoms with van der Waals surface area (Å²) in [6.45, 7) is 2.85. The van der Waals surface area contributed by atoms with Gasteiger partial charge in [0, 0.05) is 24.1 Å². The lowest BCUT2D eigenvalue weighted by atomic mass is 9.99. The number of benzene rings is 2. The largest absolute Gasteiger partial charge is 0.493 e. The van der Waals surface area contributed by atoms with Crippen molar-refractivity contribution in [3.63, 3.8) is 0 Å². The Morgan fingerprint density at radius 3 is 2.57 bits per heavy atom. The molecule has 2 aromatic carbocycles. The van der Waals surface area contributed by atoms with Crippen LogP contribution in [0.5, 0.6) is 17.2 Å². The van der Waals surface area contributed by atoms with E-state index in [0.717, 1.165) is 29.5 Å². The number of hydrogen-bond donors (Lipinski definition) is 1. The molecule has 3 rings (SSSR count). The molecule has 1 N–H and O–H groups in total. The fourth-order valence-corrected chi connectivity index (χ4v) is 3.36. The van der Waals surface area contributed by atoms with E-state index in [0.29, 0.717) is 35.8 Å². The third kappa shape index (κ3) is 4.67. The topological polar surface area (TPSA) is 83.1 Å². The number of hydrogen-bond acceptors (Lipinski definition) is 6. The van der Waals surface area contributed by atoms with Crippen LogP contribution in [0.15, 0.2) is 30.3 Å². The third-order valence-corrected chi connectivity index (χ3v) is 4.93. The molecule has 0 spiro atoms. The molecule has 0 aliphatic carbocycles. The summed E-state index contributed by atoms with van der Waals surface area (Å²) in [6, 6.07) is 9.34. The Morgan fingerprint density at radius 1 is 1.03 bits per heavy atom. The lowest BCUT2D eigenvalue weighted by Gasteiger charge is -2.18. The van der Waals surface area contributed by atoms with E-state index in [2.05, 4.69) is 5.32 Å². The van der Waals surface area contributed by atoms with Crippen molar-refractivity contribution in [3.05, 3.63) is 41.5 Å². The van der Waals surface area contributed by atoms with E-state index >= 15 is 0 Å². The minimum atomic E-state index is -0.228. The summed E-state index contributed by atoms with van der Waals surface area (Å²) >= 11 is 0. The van der Waals surface area contributed by atoms with E-state index in [1.54, 1.807) is 14.2 Å². The quantitative estimate of drug-likeness (QED) is 0.472. The van der Waals surface area contributed by atoms with Crippen molar-refractivity contribution in [2.45, 2.75) is 32.7 Å². The zero-order valence-electron chi connectivity index (χ0n) is 17.6. The van der Waals surface area contributed by atoms with Gasteiger partial charge in [0.1, 0.15) is 13.2 Å². The number of amides is 1. The molecule has 0 aromatic heterocycles. The van der Waals surface area contributed by atoms with Crippen LogP contribution in [-0.4, -0.2) is 39.3 Å². The summed E-state index contributed by atoms with van der Waals surface area (Å²) < 4.78 is 22.2. The zero-order valence-corrected chi connectivity index (χ0v) is 17.6. The van der Waals surface area contributed by atoms with Gasteiger partial charge in [0.05, 0.1) is 14.2 Å². The summed E-state index contributed by atoms with van der Waals surface area (Å²) in [5, 5.41) is 2.82. The Kier molecular flexibility index (Phi) is 7.17. The number of fused-ring (bicyclic) bond motifs is 1. The summed E-state index contributed by atoms with van der Waals surface area (Å²) in [7, 11) is 3.11. The number of nitrogens with one attached hydrogen (secondary N) is 1. The van der Waals surface area contributed by atoms with Gasteiger partial charge in [-0.3, -0.25) is 9.59 Å². The van der Waals surface area contributed by atoms with Gasteiger partial charge in [0.25, 0.3) is 5.91 Å². The molecule has 1 heterocycles. The van der Waals surface area contributed by atoms with Crippen LogP contribution in [0, 0.1) is 0 Å². The van der Waals surface area contributed by atoms with Crippen LogP contribution >= 0.6 is 0 Å². The van der Waals surface area contributed by atoms with E-state index in [9.17, 15) is 9.59 Å². The van der Waals surface area contributed by atoms with Crippen molar-refractivity contribution in [1.82, 2.24) is 5.32 Å². The number of rotatable bonds is 10. The zero-order chi connectivity index (χ0) is 21.5. The number of carbonyl (C=O) groups excluding carboxylic acids is 2. The van der Waals surface area contributed by atoms with Crippen LogP contribution in [0.2, 0.25) is 0 Å². The van der Waals surface area contributed by atoms with E-state index in [1.807, 2.05) is 37.3 Å². The van der Waals surface area contributed by atoms with Crippen LogP contribution in [0.25, 0.3) is 11.1 Å². The van der Waals surface area contributed by atoms with Crippen LogP contribution in [0.1, 0.15) is 42.1 Å². The minimum absolute atomic E-state index is 0.0646. The number of esters is 1. The molecule has 0 unspecified atom stereocenters. The number of carbonyl (C=O) groups is 2. The highest BCUT2D eigenvalue weighted by molar-refractivity contribution is 5.99. The first-order valence-electron chi connectivity index (χ1n) is 10.0. The average molecular weight is 413 g/mol. The Balaban J connectivity index is 1.83. The lowest BCUT2D eigenvalue weighted by Crippen LogP contribution is -2.12. The smallest absolute Gasteiger partial charge is 0.305 e. The number of unbranched alkanes of at least 4 members (excludes halogenated alkanes) is 1. The number of methoxy groups -OCH3 is 2. The Hall–Kier alpha value is -3.22. The highest BCUT2D eigenvalue weighted by Gasteiger charge is 2.22.